The van der Waals surface area contributed by atoms with Gasteiger partial charge in [-0.3, -0.25) is 4.79 Å². The molecule has 0 saturated carbocycles. The third-order valence-electron chi connectivity index (χ3n) is 4.77. The van der Waals surface area contributed by atoms with Crippen molar-refractivity contribution in [3.8, 4) is 16.9 Å². The molecule has 0 spiro atoms. The summed E-state index contributed by atoms with van der Waals surface area (Å²) in [4.78, 5) is 27.0. The van der Waals surface area contributed by atoms with Crippen molar-refractivity contribution >= 4 is 28.1 Å². The number of nitrogens with zero attached hydrogens (tertiary/aromatic N) is 1. The number of anilines is 1. The van der Waals surface area contributed by atoms with E-state index in [9.17, 15) is 9.59 Å². The summed E-state index contributed by atoms with van der Waals surface area (Å²) in [5.41, 5.74) is 2.67. The van der Waals surface area contributed by atoms with Crippen LogP contribution in [0.2, 0.25) is 0 Å². The van der Waals surface area contributed by atoms with Gasteiger partial charge in [0.25, 0.3) is 0 Å². The number of thiophene rings is 1. The highest BCUT2D eigenvalue weighted by molar-refractivity contribution is 7.18. The Morgan fingerprint density at radius 2 is 1.69 bits per heavy atom. The van der Waals surface area contributed by atoms with Gasteiger partial charge >= 0.3 is 5.97 Å². The highest BCUT2D eigenvalue weighted by Crippen LogP contribution is 2.39. The van der Waals surface area contributed by atoms with Crippen LogP contribution >= 0.6 is 11.3 Å². The first-order chi connectivity index (χ1) is 14.1. The minimum Gasteiger partial charge on any atom is -0.422 e. The first kappa shape index (κ1) is 19.4. The fraction of sp³-hybridized carbons (Fsp3) is 0.217. The second kappa shape index (κ2) is 8.59. The lowest BCUT2D eigenvalue weighted by atomic mass is 10.1. The Bertz CT molecular complexity index is 1010. The molecule has 2 aromatic carbocycles. The van der Waals surface area contributed by atoms with E-state index in [-0.39, 0.29) is 5.78 Å². The van der Waals surface area contributed by atoms with Gasteiger partial charge in [0.1, 0.15) is 10.6 Å². The average Bonchev–Trinajstić information content (AvgIpc) is 3.21. The van der Waals surface area contributed by atoms with Crippen molar-refractivity contribution in [2.24, 2.45) is 0 Å². The normalized spacial score (nSPS) is 13.9. The summed E-state index contributed by atoms with van der Waals surface area (Å²) < 4.78 is 11.0. The quantitative estimate of drug-likeness (QED) is 0.349. The van der Waals surface area contributed by atoms with Gasteiger partial charge in [-0.2, -0.15) is 0 Å². The number of benzene rings is 2. The van der Waals surface area contributed by atoms with E-state index in [1.807, 2.05) is 36.4 Å². The molecule has 0 aliphatic carbocycles. The van der Waals surface area contributed by atoms with Crippen LogP contribution in [0.25, 0.3) is 11.1 Å². The molecule has 2 heterocycles. The summed E-state index contributed by atoms with van der Waals surface area (Å²) >= 11 is 1.44. The molecule has 148 valence electrons. The largest absolute Gasteiger partial charge is 0.422 e. The third kappa shape index (κ3) is 4.39. The maximum atomic E-state index is 12.8. The number of morpholine rings is 1. The van der Waals surface area contributed by atoms with Gasteiger partial charge < -0.3 is 14.4 Å². The van der Waals surface area contributed by atoms with Gasteiger partial charge in [0.15, 0.2) is 5.78 Å². The molecule has 1 fully saturated rings. The highest BCUT2D eigenvalue weighted by Gasteiger charge is 2.23. The van der Waals surface area contributed by atoms with Crippen molar-refractivity contribution in [1.29, 1.82) is 0 Å². The number of hydrogen-bond donors (Lipinski definition) is 0. The maximum Gasteiger partial charge on any atom is 0.353 e. The van der Waals surface area contributed by atoms with Crippen LogP contribution < -0.4 is 9.64 Å². The zero-order chi connectivity index (χ0) is 20.2. The summed E-state index contributed by atoms with van der Waals surface area (Å²) in [5.74, 6) is -0.00589. The number of ether oxygens (including phenoxy) is 2. The third-order valence-corrected chi connectivity index (χ3v) is 5.94. The molecule has 1 aliphatic heterocycles. The van der Waals surface area contributed by atoms with E-state index in [0.717, 1.165) is 29.2 Å². The molecular formula is C23H21NO4S. The van der Waals surface area contributed by atoms with Gasteiger partial charge in [0.2, 0.25) is 0 Å². The summed E-state index contributed by atoms with van der Waals surface area (Å²) in [7, 11) is 0. The van der Waals surface area contributed by atoms with Crippen molar-refractivity contribution in [3.05, 3.63) is 71.1 Å². The van der Waals surface area contributed by atoms with Crippen LogP contribution in [0.1, 0.15) is 27.0 Å². The molecule has 1 aliphatic rings. The van der Waals surface area contributed by atoms with Crippen molar-refractivity contribution in [1.82, 2.24) is 0 Å². The summed E-state index contributed by atoms with van der Waals surface area (Å²) in [6.07, 6.45) is 0. The lowest BCUT2D eigenvalue weighted by molar-refractivity contribution is 0.0740. The van der Waals surface area contributed by atoms with E-state index in [1.54, 1.807) is 24.3 Å². The second-order valence-corrected chi connectivity index (χ2v) is 7.80. The van der Waals surface area contributed by atoms with Crippen LogP contribution in [-0.2, 0) is 4.74 Å². The van der Waals surface area contributed by atoms with Gasteiger partial charge in [-0.1, -0.05) is 30.3 Å². The molecule has 0 unspecified atom stereocenters. The molecule has 0 bridgehead atoms. The first-order valence-electron chi connectivity index (χ1n) is 9.47. The predicted molar refractivity (Wildman–Crippen MR) is 114 cm³/mol. The highest BCUT2D eigenvalue weighted by atomic mass is 32.1. The molecular weight excluding hydrogens is 386 g/mol. The number of rotatable bonds is 5. The lowest BCUT2D eigenvalue weighted by Gasteiger charge is -2.28. The molecule has 1 aromatic heterocycles. The van der Waals surface area contributed by atoms with Crippen LogP contribution in [0.3, 0.4) is 0 Å². The van der Waals surface area contributed by atoms with E-state index in [1.165, 1.54) is 18.3 Å². The minimum atomic E-state index is -0.401. The summed E-state index contributed by atoms with van der Waals surface area (Å²) in [6, 6.07) is 18.5. The fourth-order valence-corrected chi connectivity index (χ4v) is 4.33. The molecule has 0 radical (unpaired) electrons. The molecule has 0 N–H and O–H groups in total. The number of carbonyl (C=O) groups excluding carboxylic acids is 2. The number of esters is 1. The summed E-state index contributed by atoms with van der Waals surface area (Å²) in [6.45, 7) is 4.44. The topological polar surface area (TPSA) is 55.8 Å². The molecule has 1 saturated heterocycles. The SMILES string of the molecule is CC(=O)c1ccc(OC(=O)c2cc(-c3ccccc3)c(N3CCOCC3)s2)cc1. The van der Waals surface area contributed by atoms with Gasteiger partial charge in [0, 0.05) is 24.2 Å². The zero-order valence-electron chi connectivity index (χ0n) is 16.1. The molecule has 0 atom stereocenters. The number of hydrogen-bond acceptors (Lipinski definition) is 6. The van der Waals surface area contributed by atoms with Crippen molar-refractivity contribution in [2.45, 2.75) is 6.92 Å². The van der Waals surface area contributed by atoms with Crippen LogP contribution in [0.4, 0.5) is 5.00 Å². The van der Waals surface area contributed by atoms with Gasteiger partial charge in [-0.05, 0) is 42.8 Å². The Kier molecular flexibility index (Phi) is 5.74. The Hall–Kier alpha value is -2.96. The minimum absolute atomic E-state index is 0.0243. The van der Waals surface area contributed by atoms with Crippen molar-refractivity contribution in [3.63, 3.8) is 0 Å². The molecule has 6 heteroatoms. The molecule has 3 aromatic rings. The average molecular weight is 407 g/mol. The Labute approximate surface area is 173 Å². The van der Waals surface area contributed by atoms with E-state index in [4.69, 9.17) is 9.47 Å². The van der Waals surface area contributed by atoms with Gasteiger partial charge in [0.05, 0.1) is 18.2 Å². The zero-order valence-corrected chi connectivity index (χ0v) is 16.9. The van der Waals surface area contributed by atoms with Gasteiger partial charge in [-0.25, -0.2) is 4.79 Å². The number of Topliss-reactive ketones (excluding diaryl/α,β-unsaturated/α-hetero) is 1. The molecule has 5 nitrogen and oxygen atoms in total. The lowest BCUT2D eigenvalue weighted by Crippen LogP contribution is -2.35. The number of carbonyl (C=O) groups is 2. The smallest absolute Gasteiger partial charge is 0.353 e. The van der Waals surface area contributed by atoms with Crippen LogP contribution in [0.15, 0.2) is 60.7 Å². The summed E-state index contributed by atoms with van der Waals surface area (Å²) in [5, 5.41) is 1.05. The van der Waals surface area contributed by atoms with E-state index < -0.39 is 5.97 Å². The monoisotopic (exact) mass is 407 g/mol. The van der Waals surface area contributed by atoms with E-state index in [0.29, 0.717) is 29.4 Å². The van der Waals surface area contributed by atoms with E-state index >= 15 is 0 Å². The van der Waals surface area contributed by atoms with Crippen molar-refractivity contribution in [2.75, 3.05) is 31.2 Å². The Morgan fingerprint density at radius 1 is 1.00 bits per heavy atom. The fourth-order valence-electron chi connectivity index (χ4n) is 3.22. The Balaban J connectivity index is 1.62. The maximum absolute atomic E-state index is 12.8. The number of ketones is 1. The van der Waals surface area contributed by atoms with Crippen LogP contribution in [0.5, 0.6) is 5.75 Å². The van der Waals surface area contributed by atoms with Crippen LogP contribution in [-0.4, -0.2) is 38.1 Å². The Morgan fingerprint density at radius 3 is 2.34 bits per heavy atom. The molecule has 4 rings (SSSR count). The second-order valence-electron chi connectivity index (χ2n) is 6.77. The molecule has 29 heavy (non-hydrogen) atoms. The molecule has 0 amide bonds. The standard InChI is InChI=1S/C23H21NO4S/c1-16(25)17-7-9-19(10-8-17)28-23(26)21-15-20(18-5-3-2-4-6-18)22(29-21)24-11-13-27-14-12-24/h2-10,15H,11-14H2,1H3. The van der Waals surface area contributed by atoms with Crippen LogP contribution in [0, 0.1) is 0 Å². The predicted octanol–water partition coefficient (Wildman–Crippen LogP) is 4.67. The van der Waals surface area contributed by atoms with E-state index in [2.05, 4.69) is 4.90 Å². The van der Waals surface area contributed by atoms with Gasteiger partial charge in [-0.15, -0.1) is 11.3 Å². The van der Waals surface area contributed by atoms with Crippen molar-refractivity contribution < 1.29 is 19.1 Å². The first-order valence-corrected chi connectivity index (χ1v) is 10.3.